The average Bonchev–Trinajstić information content (AvgIpc) is 3.15. The predicted molar refractivity (Wildman–Crippen MR) is 119 cm³/mol. The van der Waals surface area contributed by atoms with Gasteiger partial charge >= 0.3 is 0 Å². The van der Waals surface area contributed by atoms with Crippen molar-refractivity contribution in [3.63, 3.8) is 0 Å². The highest BCUT2D eigenvalue weighted by Gasteiger charge is 2.32. The number of anilines is 1. The van der Waals surface area contributed by atoms with Gasteiger partial charge in [-0.15, -0.1) is 11.3 Å². The zero-order chi connectivity index (χ0) is 21.6. The molecule has 3 heterocycles. The molecule has 3 aromatic rings. The summed E-state index contributed by atoms with van der Waals surface area (Å²) in [4.78, 5) is 18.3. The minimum absolute atomic E-state index is 0.0105. The molecule has 5 rings (SSSR count). The summed E-state index contributed by atoms with van der Waals surface area (Å²) in [5.41, 5.74) is 1.37. The zero-order valence-corrected chi connectivity index (χ0v) is 18.8. The maximum Gasteiger partial charge on any atom is 0.262 e. The largest absolute Gasteiger partial charge is 0.482 e. The van der Waals surface area contributed by atoms with Crippen LogP contribution < -0.4 is 10.1 Å². The smallest absolute Gasteiger partial charge is 0.262 e. The lowest BCUT2D eigenvalue weighted by molar-refractivity contribution is -0.118. The third-order valence-corrected chi connectivity index (χ3v) is 8.70. The van der Waals surface area contributed by atoms with Gasteiger partial charge in [-0.05, 0) is 18.2 Å². The van der Waals surface area contributed by atoms with Crippen molar-refractivity contribution in [2.24, 2.45) is 0 Å². The highest BCUT2D eigenvalue weighted by molar-refractivity contribution is 7.89. The number of sulfonamides is 1. The molecule has 1 aromatic heterocycles. The summed E-state index contributed by atoms with van der Waals surface area (Å²) in [5, 5.41) is 3.71. The Morgan fingerprint density at radius 2 is 1.94 bits per heavy atom. The lowest BCUT2D eigenvalue weighted by Crippen LogP contribution is -2.48. The van der Waals surface area contributed by atoms with E-state index in [0.29, 0.717) is 44.2 Å². The minimum atomic E-state index is -3.79. The second-order valence-corrected chi connectivity index (χ2v) is 10.8. The highest BCUT2D eigenvalue weighted by Crippen LogP contribution is 2.37. The van der Waals surface area contributed by atoms with Gasteiger partial charge < -0.3 is 10.1 Å². The second kappa shape index (κ2) is 8.03. The van der Waals surface area contributed by atoms with Crippen molar-refractivity contribution in [1.82, 2.24) is 14.2 Å². The SMILES string of the molecule is O=C1COc2cc(S(=O)(=O)N3CCN(Cc4nc5ccccc5s4)CC3)c(Cl)cc2N1. The number of piperazine rings is 1. The molecule has 31 heavy (non-hydrogen) atoms. The number of para-hydroxylation sites is 1. The van der Waals surface area contributed by atoms with E-state index in [1.54, 1.807) is 11.3 Å². The van der Waals surface area contributed by atoms with E-state index < -0.39 is 10.0 Å². The molecule has 0 bridgehead atoms. The van der Waals surface area contributed by atoms with E-state index in [9.17, 15) is 13.2 Å². The van der Waals surface area contributed by atoms with E-state index in [1.165, 1.54) is 16.4 Å². The number of nitrogens with zero attached hydrogens (tertiary/aromatic N) is 3. The van der Waals surface area contributed by atoms with Gasteiger partial charge in [-0.3, -0.25) is 9.69 Å². The predicted octanol–water partition coefficient (Wildman–Crippen LogP) is 2.79. The van der Waals surface area contributed by atoms with Crippen LogP contribution in [-0.4, -0.2) is 61.3 Å². The van der Waals surface area contributed by atoms with Crippen LogP contribution in [-0.2, 0) is 21.4 Å². The lowest BCUT2D eigenvalue weighted by Gasteiger charge is -2.33. The molecule has 1 amide bonds. The molecule has 1 saturated heterocycles. The first-order valence-electron chi connectivity index (χ1n) is 9.73. The van der Waals surface area contributed by atoms with Gasteiger partial charge in [0.05, 0.1) is 27.5 Å². The molecule has 0 unspecified atom stereocenters. The first-order chi connectivity index (χ1) is 14.9. The van der Waals surface area contributed by atoms with E-state index in [2.05, 4.69) is 21.3 Å². The van der Waals surface area contributed by atoms with Crippen LogP contribution in [0.4, 0.5) is 5.69 Å². The molecule has 162 valence electrons. The molecule has 2 aliphatic rings. The molecule has 1 N–H and O–H groups in total. The van der Waals surface area contributed by atoms with E-state index in [0.717, 1.165) is 15.2 Å². The van der Waals surface area contributed by atoms with Gasteiger partial charge in [0.2, 0.25) is 10.0 Å². The third kappa shape index (κ3) is 4.01. The van der Waals surface area contributed by atoms with Crippen LogP contribution in [0.15, 0.2) is 41.3 Å². The second-order valence-electron chi connectivity index (χ2n) is 7.37. The number of thiazole rings is 1. The number of nitrogens with one attached hydrogen (secondary N) is 1. The number of ether oxygens (including phenoxy) is 1. The number of hydrogen-bond acceptors (Lipinski definition) is 7. The quantitative estimate of drug-likeness (QED) is 0.620. The van der Waals surface area contributed by atoms with Gasteiger partial charge in [0.25, 0.3) is 5.91 Å². The van der Waals surface area contributed by atoms with Gasteiger partial charge in [-0.25, -0.2) is 13.4 Å². The van der Waals surface area contributed by atoms with Crippen LogP contribution in [0.1, 0.15) is 5.01 Å². The highest BCUT2D eigenvalue weighted by atomic mass is 35.5. The van der Waals surface area contributed by atoms with E-state index >= 15 is 0 Å². The summed E-state index contributed by atoms with van der Waals surface area (Å²) >= 11 is 7.92. The summed E-state index contributed by atoms with van der Waals surface area (Å²) < 4.78 is 34.4. The number of benzene rings is 2. The van der Waals surface area contributed by atoms with Crippen LogP contribution in [0.3, 0.4) is 0 Å². The van der Waals surface area contributed by atoms with Crippen molar-refractivity contribution in [3.05, 3.63) is 46.4 Å². The monoisotopic (exact) mass is 478 g/mol. The van der Waals surface area contributed by atoms with E-state index in [1.807, 2.05) is 18.2 Å². The summed E-state index contributed by atoms with van der Waals surface area (Å²) in [7, 11) is -3.79. The van der Waals surface area contributed by atoms with Crippen molar-refractivity contribution in [2.45, 2.75) is 11.4 Å². The lowest BCUT2D eigenvalue weighted by atomic mass is 10.2. The maximum atomic E-state index is 13.2. The number of carbonyl (C=O) groups is 1. The molecule has 11 heteroatoms. The Balaban J connectivity index is 1.29. The van der Waals surface area contributed by atoms with Crippen molar-refractivity contribution in [1.29, 1.82) is 0 Å². The van der Waals surface area contributed by atoms with Crippen LogP contribution >= 0.6 is 22.9 Å². The first kappa shape index (κ1) is 20.7. The molecule has 2 aliphatic heterocycles. The molecule has 0 spiro atoms. The molecule has 8 nitrogen and oxygen atoms in total. The average molecular weight is 479 g/mol. The maximum absolute atomic E-state index is 13.2. The Morgan fingerprint density at radius 1 is 1.16 bits per heavy atom. The number of hydrogen-bond donors (Lipinski definition) is 1. The Kier molecular flexibility index (Phi) is 5.35. The Labute approximate surface area is 188 Å². The first-order valence-corrected chi connectivity index (χ1v) is 12.4. The number of rotatable bonds is 4. The van der Waals surface area contributed by atoms with Gasteiger partial charge in [-0.2, -0.15) is 4.31 Å². The van der Waals surface area contributed by atoms with Gasteiger partial charge in [0, 0.05) is 32.2 Å². The fraction of sp³-hybridized carbons (Fsp3) is 0.300. The van der Waals surface area contributed by atoms with Crippen LogP contribution in [0.25, 0.3) is 10.2 Å². The third-order valence-electron chi connectivity index (χ3n) is 5.31. The minimum Gasteiger partial charge on any atom is -0.482 e. The number of carbonyl (C=O) groups excluding carboxylic acids is 1. The molecule has 0 radical (unpaired) electrons. The normalized spacial score (nSPS) is 17.9. The fourth-order valence-electron chi connectivity index (χ4n) is 3.73. The van der Waals surface area contributed by atoms with E-state index in [4.69, 9.17) is 16.3 Å². The summed E-state index contributed by atoms with van der Waals surface area (Å²) in [6.45, 7) is 2.46. The van der Waals surface area contributed by atoms with Gasteiger partial charge in [0.1, 0.15) is 15.7 Å². The standard InChI is InChI=1S/C20H19ClN4O4S2/c21-13-9-15-16(29-12-19(26)22-15)10-18(13)31(27,28)25-7-5-24(6-8-25)11-20-23-14-3-1-2-4-17(14)30-20/h1-4,9-10H,5-8,11-12H2,(H,22,26). The molecular weight excluding hydrogens is 460 g/mol. The topological polar surface area (TPSA) is 91.8 Å². The van der Waals surface area contributed by atoms with Crippen molar-refractivity contribution < 1.29 is 17.9 Å². The van der Waals surface area contributed by atoms with Crippen LogP contribution in [0.2, 0.25) is 5.02 Å². The van der Waals surface area contributed by atoms with Crippen LogP contribution in [0.5, 0.6) is 5.75 Å². The number of amides is 1. The van der Waals surface area contributed by atoms with Crippen molar-refractivity contribution in [2.75, 3.05) is 38.1 Å². The summed E-state index contributed by atoms with van der Waals surface area (Å²) in [5.74, 6) is 0.000435. The Morgan fingerprint density at radius 3 is 2.71 bits per heavy atom. The fourth-order valence-corrected chi connectivity index (χ4v) is 6.67. The van der Waals surface area contributed by atoms with Crippen molar-refractivity contribution >= 4 is 54.8 Å². The Bertz CT molecular complexity index is 1240. The molecular formula is C20H19ClN4O4S2. The number of aromatic nitrogens is 1. The summed E-state index contributed by atoms with van der Waals surface area (Å²) in [6.07, 6.45) is 0. The number of fused-ring (bicyclic) bond motifs is 2. The van der Waals surface area contributed by atoms with Crippen LogP contribution in [0, 0.1) is 0 Å². The summed E-state index contributed by atoms with van der Waals surface area (Å²) in [6, 6.07) is 10.8. The Hall–Kier alpha value is -2.24. The molecule has 0 atom stereocenters. The molecule has 0 aliphatic carbocycles. The van der Waals surface area contributed by atoms with E-state index in [-0.39, 0.29) is 22.4 Å². The van der Waals surface area contributed by atoms with Gasteiger partial charge in [-0.1, -0.05) is 23.7 Å². The van der Waals surface area contributed by atoms with Crippen molar-refractivity contribution in [3.8, 4) is 5.75 Å². The van der Waals surface area contributed by atoms with Gasteiger partial charge in [0.15, 0.2) is 6.61 Å². The molecule has 0 saturated carbocycles. The molecule has 1 fully saturated rings. The zero-order valence-electron chi connectivity index (χ0n) is 16.4. The molecule has 2 aromatic carbocycles. The number of halogens is 1.